The van der Waals surface area contributed by atoms with Crippen molar-refractivity contribution in [1.29, 1.82) is 0 Å². The smallest absolute Gasteiger partial charge is 0.231 e. The first-order valence-corrected chi connectivity index (χ1v) is 7.79. The molecule has 2 aromatic carbocycles. The van der Waals surface area contributed by atoms with Crippen molar-refractivity contribution in [3.63, 3.8) is 0 Å². The molecule has 0 fully saturated rings. The molecule has 0 aromatic heterocycles. The quantitative estimate of drug-likeness (QED) is 0.767. The Kier molecular flexibility index (Phi) is 4.14. The monoisotopic (exact) mass is 295 g/mol. The van der Waals surface area contributed by atoms with E-state index in [0.717, 1.165) is 41.3 Å². The van der Waals surface area contributed by atoms with Crippen LogP contribution in [-0.2, 0) is 12.8 Å². The Morgan fingerprint density at radius 2 is 1.68 bits per heavy atom. The molecule has 3 heteroatoms. The predicted octanol–water partition coefficient (Wildman–Crippen LogP) is 4.68. The average Bonchev–Trinajstić information content (AvgIpc) is 3.02. The lowest BCUT2D eigenvalue weighted by molar-refractivity contribution is 0.174. The summed E-state index contributed by atoms with van der Waals surface area (Å²) in [7, 11) is 0. The molecule has 2 aromatic rings. The van der Waals surface area contributed by atoms with Gasteiger partial charge >= 0.3 is 0 Å². The van der Waals surface area contributed by atoms with Gasteiger partial charge in [0.05, 0.1) is 5.69 Å². The molecule has 0 amide bonds. The van der Waals surface area contributed by atoms with Crippen molar-refractivity contribution in [2.45, 2.75) is 33.6 Å². The number of hydrogen-bond acceptors (Lipinski definition) is 3. The summed E-state index contributed by atoms with van der Waals surface area (Å²) in [6.07, 6.45) is 1.97. The van der Waals surface area contributed by atoms with Crippen molar-refractivity contribution in [2.24, 2.45) is 4.99 Å². The lowest BCUT2D eigenvalue weighted by Gasteiger charge is -2.10. The van der Waals surface area contributed by atoms with E-state index in [-0.39, 0.29) is 0 Å². The third kappa shape index (κ3) is 2.71. The Bertz CT molecular complexity index is 697. The zero-order valence-electron chi connectivity index (χ0n) is 13.3. The van der Waals surface area contributed by atoms with Crippen LogP contribution in [-0.4, -0.2) is 12.5 Å². The Labute approximate surface area is 131 Å². The van der Waals surface area contributed by atoms with Crippen LogP contribution < -0.4 is 9.47 Å². The largest absolute Gasteiger partial charge is 0.454 e. The molecule has 114 valence electrons. The molecule has 1 aliphatic heterocycles. The fourth-order valence-electron chi connectivity index (χ4n) is 2.71. The van der Waals surface area contributed by atoms with Gasteiger partial charge in [-0.25, -0.2) is 0 Å². The first-order valence-electron chi connectivity index (χ1n) is 7.79. The minimum absolute atomic E-state index is 0.299. The molecule has 0 N–H and O–H groups in total. The van der Waals surface area contributed by atoms with E-state index >= 15 is 0 Å². The maximum Gasteiger partial charge on any atom is 0.231 e. The summed E-state index contributed by atoms with van der Waals surface area (Å²) < 4.78 is 10.8. The van der Waals surface area contributed by atoms with Gasteiger partial charge in [0, 0.05) is 5.71 Å². The second kappa shape index (κ2) is 6.22. The summed E-state index contributed by atoms with van der Waals surface area (Å²) in [4.78, 5) is 4.92. The lowest BCUT2D eigenvalue weighted by Crippen LogP contribution is -1.97. The normalized spacial score (nSPS) is 13.5. The van der Waals surface area contributed by atoms with Gasteiger partial charge in [0.2, 0.25) is 6.79 Å². The van der Waals surface area contributed by atoms with Crippen LogP contribution in [0.3, 0.4) is 0 Å². The van der Waals surface area contributed by atoms with E-state index in [4.69, 9.17) is 14.5 Å². The molecule has 0 unspecified atom stereocenters. The average molecular weight is 295 g/mol. The van der Waals surface area contributed by atoms with E-state index in [0.29, 0.717) is 6.79 Å². The second-order valence-electron chi connectivity index (χ2n) is 5.40. The molecule has 3 nitrogen and oxygen atoms in total. The van der Waals surface area contributed by atoms with E-state index in [1.807, 2.05) is 25.1 Å². The first-order chi connectivity index (χ1) is 10.7. The fourth-order valence-corrected chi connectivity index (χ4v) is 2.71. The van der Waals surface area contributed by atoms with Crippen molar-refractivity contribution < 1.29 is 9.47 Å². The van der Waals surface area contributed by atoms with Gasteiger partial charge in [-0.15, -0.1) is 0 Å². The number of aryl methyl sites for hydroxylation is 2. The number of para-hydroxylation sites is 1. The van der Waals surface area contributed by atoms with Gasteiger partial charge in [0.15, 0.2) is 11.5 Å². The van der Waals surface area contributed by atoms with Crippen LogP contribution in [0.2, 0.25) is 0 Å². The van der Waals surface area contributed by atoms with E-state index in [9.17, 15) is 0 Å². The van der Waals surface area contributed by atoms with Crippen molar-refractivity contribution in [1.82, 2.24) is 0 Å². The van der Waals surface area contributed by atoms with E-state index < -0.39 is 0 Å². The third-order valence-corrected chi connectivity index (χ3v) is 4.03. The van der Waals surface area contributed by atoms with Gasteiger partial charge in [0.25, 0.3) is 0 Å². The molecule has 0 spiro atoms. The summed E-state index contributed by atoms with van der Waals surface area (Å²) in [5.74, 6) is 1.60. The molecule has 1 aliphatic rings. The Morgan fingerprint density at radius 3 is 2.36 bits per heavy atom. The van der Waals surface area contributed by atoms with Crippen LogP contribution in [0.5, 0.6) is 11.5 Å². The highest BCUT2D eigenvalue weighted by atomic mass is 16.7. The summed E-state index contributed by atoms with van der Waals surface area (Å²) in [6.45, 7) is 6.68. The zero-order chi connectivity index (χ0) is 15.5. The summed E-state index contributed by atoms with van der Waals surface area (Å²) in [5, 5.41) is 0. The molecule has 0 radical (unpaired) electrons. The molecule has 3 rings (SSSR count). The van der Waals surface area contributed by atoms with Gasteiger partial charge in [-0.3, -0.25) is 4.99 Å². The van der Waals surface area contributed by atoms with E-state index in [1.54, 1.807) is 0 Å². The summed E-state index contributed by atoms with van der Waals surface area (Å²) in [6, 6.07) is 12.4. The number of benzene rings is 2. The minimum Gasteiger partial charge on any atom is -0.454 e. The van der Waals surface area contributed by atoms with Crippen molar-refractivity contribution >= 4 is 11.4 Å². The van der Waals surface area contributed by atoms with Crippen molar-refractivity contribution in [2.75, 3.05) is 6.79 Å². The van der Waals surface area contributed by atoms with Crippen molar-refractivity contribution in [3.8, 4) is 11.5 Å². The van der Waals surface area contributed by atoms with Crippen LogP contribution in [0.25, 0.3) is 0 Å². The Balaban J connectivity index is 2.01. The Hall–Kier alpha value is -2.29. The molecule has 0 bridgehead atoms. The van der Waals surface area contributed by atoms with Crippen LogP contribution in [0, 0.1) is 0 Å². The van der Waals surface area contributed by atoms with Crippen molar-refractivity contribution in [3.05, 3.63) is 53.1 Å². The number of hydrogen-bond donors (Lipinski definition) is 0. The SMILES string of the molecule is CCc1cccc(CC)c1N=C(C)c1ccc2c(c1)OCO2. The van der Waals surface area contributed by atoms with Gasteiger partial charge < -0.3 is 9.47 Å². The number of rotatable bonds is 4. The number of nitrogens with zero attached hydrogens (tertiary/aromatic N) is 1. The first kappa shape index (κ1) is 14.6. The van der Waals surface area contributed by atoms with E-state index in [2.05, 4.69) is 32.0 Å². The molecular weight excluding hydrogens is 274 g/mol. The maximum absolute atomic E-state index is 5.45. The number of aliphatic imine (C=N–C) groups is 1. The highest BCUT2D eigenvalue weighted by molar-refractivity contribution is 6.01. The minimum atomic E-state index is 0.299. The molecule has 0 saturated carbocycles. The molecular formula is C19H21NO2. The lowest BCUT2D eigenvalue weighted by atomic mass is 10.0. The fraction of sp³-hybridized carbons (Fsp3) is 0.316. The molecule has 0 saturated heterocycles. The second-order valence-corrected chi connectivity index (χ2v) is 5.40. The molecule has 0 aliphatic carbocycles. The molecule has 0 atom stereocenters. The van der Waals surface area contributed by atoms with Gasteiger partial charge in [-0.05, 0) is 54.7 Å². The van der Waals surface area contributed by atoms with Gasteiger partial charge in [0.1, 0.15) is 0 Å². The Morgan fingerprint density at radius 1 is 1.00 bits per heavy atom. The highest BCUT2D eigenvalue weighted by Gasteiger charge is 2.14. The van der Waals surface area contributed by atoms with Gasteiger partial charge in [-0.1, -0.05) is 32.0 Å². The number of fused-ring (bicyclic) bond motifs is 1. The van der Waals surface area contributed by atoms with Crippen LogP contribution in [0.1, 0.15) is 37.5 Å². The van der Waals surface area contributed by atoms with Crippen LogP contribution >= 0.6 is 0 Å². The zero-order valence-corrected chi connectivity index (χ0v) is 13.3. The standard InChI is InChI=1S/C19H21NO2/c1-4-14-7-6-8-15(5-2)19(14)20-13(3)16-9-10-17-18(11-16)22-12-21-17/h6-11H,4-5,12H2,1-3H3. The summed E-state index contributed by atoms with van der Waals surface area (Å²) in [5.41, 5.74) is 5.76. The topological polar surface area (TPSA) is 30.8 Å². The maximum atomic E-state index is 5.45. The predicted molar refractivity (Wildman–Crippen MR) is 89.6 cm³/mol. The molecule has 1 heterocycles. The number of ether oxygens (including phenoxy) is 2. The highest BCUT2D eigenvalue weighted by Crippen LogP contribution is 2.33. The van der Waals surface area contributed by atoms with Gasteiger partial charge in [-0.2, -0.15) is 0 Å². The van der Waals surface area contributed by atoms with Crippen LogP contribution in [0.4, 0.5) is 5.69 Å². The van der Waals surface area contributed by atoms with Crippen LogP contribution in [0.15, 0.2) is 41.4 Å². The van der Waals surface area contributed by atoms with E-state index in [1.165, 1.54) is 11.1 Å². The third-order valence-electron chi connectivity index (χ3n) is 4.03. The molecule has 22 heavy (non-hydrogen) atoms. The summed E-state index contributed by atoms with van der Waals surface area (Å²) >= 11 is 0.